The number of hydrogen-bond acceptors (Lipinski definition) is 2. The molecule has 0 fully saturated rings. The van der Waals surface area contributed by atoms with Crippen molar-refractivity contribution in [2.75, 3.05) is 0 Å². The Balaban J connectivity index is 1.36. The average Bonchev–Trinajstić information content (AvgIpc) is 3.40. The molecule has 3 nitrogen and oxygen atoms in total. The molecule has 2 heterocycles. The Morgan fingerprint density at radius 3 is 1.53 bits per heavy atom. The fourth-order valence-electron chi connectivity index (χ4n) is 7.33. The Kier molecular flexibility index (Phi) is 5.00. The van der Waals surface area contributed by atoms with Crippen LogP contribution in [0, 0.1) is 0 Å². The summed E-state index contributed by atoms with van der Waals surface area (Å²) in [4.78, 5) is 10.5. The van der Waals surface area contributed by atoms with Gasteiger partial charge in [0.1, 0.15) is 0 Å². The predicted octanol–water partition coefficient (Wildman–Crippen LogP) is 10.9. The van der Waals surface area contributed by atoms with Crippen molar-refractivity contribution in [2.24, 2.45) is 0 Å². The fourth-order valence-corrected chi connectivity index (χ4v) is 7.33. The van der Waals surface area contributed by atoms with Crippen LogP contribution in [0.3, 0.4) is 0 Å². The van der Waals surface area contributed by atoms with E-state index in [2.05, 4.69) is 144 Å². The second-order valence-electron chi connectivity index (χ2n) is 11.8. The standard InChI is InChI=1S/C42H25N3/c1-3-11-26(12-4-1)35-25-36(27-13-5-2-6-14-27)44-42(43-35)45-37-20-10-19-32-34-24-30-16-8-7-15-29(30)23-33(34)31-18-9-17-28-21-22-38(45)41(39(28)31)40(32)37/h1-25H. The maximum atomic E-state index is 5.26. The fraction of sp³-hybridized carbons (Fsp3) is 0. The maximum Gasteiger partial charge on any atom is 0.235 e. The molecule has 1 aliphatic rings. The van der Waals surface area contributed by atoms with Gasteiger partial charge in [0.2, 0.25) is 5.95 Å². The third-order valence-electron chi connectivity index (χ3n) is 9.32. The molecule has 0 spiro atoms. The highest BCUT2D eigenvalue weighted by Crippen LogP contribution is 2.50. The van der Waals surface area contributed by atoms with Crippen molar-refractivity contribution in [1.82, 2.24) is 14.5 Å². The molecule has 0 radical (unpaired) electrons. The molecule has 0 saturated carbocycles. The average molecular weight is 572 g/mol. The van der Waals surface area contributed by atoms with Crippen molar-refractivity contribution in [3.8, 4) is 50.7 Å². The zero-order valence-electron chi connectivity index (χ0n) is 24.3. The van der Waals surface area contributed by atoms with Gasteiger partial charge in [-0.05, 0) is 74.1 Å². The SMILES string of the molecule is c1ccc(-c2cc(-c3ccccc3)nc(-n3c4cccc5c4c4c6c(cccc6ccc43)-c3cc4ccccc4cc3-5)n2)cc1. The topological polar surface area (TPSA) is 30.7 Å². The van der Waals surface area contributed by atoms with Crippen LogP contribution in [0.25, 0.3) is 94.1 Å². The second-order valence-corrected chi connectivity index (χ2v) is 11.8. The normalized spacial score (nSPS) is 12.0. The van der Waals surface area contributed by atoms with Crippen molar-refractivity contribution in [1.29, 1.82) is 0 Å². The van der Waals surface area contributed by atoms with Crippen LogP contribution < -0.4 is 0 Å². The summed E-state index contributed by atoms with van der Waals surface area (Å²) in [7, 11) is 0. The van der Waals surface area contributed by atoms with E-state index in [-0.39, 0.29) is 0 Å². The number of fused-ring (bicyclic) bond motifs is 4. The molecule has 45 heavy (non-hydrogen) atoms. The quantitative estimate of drug-likeness (QED) is 0.211. The van der Waals surface area contributed by atoms with Gasteiger partial charge in [-0.3, -0.25) is 4.57 Å². The van der Waals surface area contributed by atoms with Crippen LogP contribution in [0.5, 0.6) is 0 Å². The summed E-state index contributed by atoms with van der Waals surface area (Å²) in [5.41, 5.74) is 11.2. The van der Waals surface area contributed by atoms with Gasteiger partial charge < -0.3 is 0 Å². The highest BCUT2D eigenvalue weighted by Gasteiger charge is 2.26. The Hall–Kier alpha value is -6.06. The predicted molar refractivity (Wildman–Crippen MR) is 187 cm³/mol. The van der Waals surface area contributed by atoms with E-state index < -0.39 is 0 Å². The number of aromatic nitrogens is 3. The molecule has 0 bridgehead atoms. The molecule has 0 saturated heterocycles. The Bertz CT molecular complexity index is 2580. The lowest BCUT2D eigenvalue weighted by Gasteiger charge is -2.15. The minimum Gasteiger partial charge on any atom is -0.278 e. The van der Waals surface area contributed by atoms with E-state index in [1.807, 2.05) is 12.1 Å². The first kappa shape index (κ1) is 24.4. The van der Waals surface area contributed by atoms with Crippen LogP contribution in [-0.4, -0.2) is 14.5 Å². The van der Waals surface area contributed by atoms with Gasteiger partial charge in [0.25, 0.3) is 0 Å². The van der Waals surface area contributed by atoms with E-state index >= 15 is 0 Å². The maximum absolute atomic E-state index is 5.26. The van der Waals surface area contributed by atoms with E-state index in [9.17, 15) is 0 Å². The minimum atomic E-state index is 0.670. The second kappa shape index (κ2) is 9.22. The first-order chi connectivity index (χ1) is 22.3. The van der Waals surface area contributed by atoms with Gasteiger partial charge in [0.05, 0.1) is 22.4 Å². The summed E-state index contributed by atoms with van der Waals surface area (Å²) in [6.07, 6.45) is 0. The van der Waals surface area contributed by atoms with Crippen molar-refractivity contribution in [3.05, 3.63) is 152 Å². The highest BCUT2D eigenvalue weighted by molar-refractivity contribution is 6.30. The summed E-state index contributed by atoms with van der Waals surface area (Å²) in [5.74, 6) is 0.670. The molecule has 7 aromatic carbocycles. The lowest BCUT2D eigenvalue weighted by atomic mass is 9.91. The van der Waals surface area contributed by atoms with Crippen molar-refractivity contribution < 1.29 is 0 Å². The summed E-state index contributed by atoms with van der Waals surface area (Å²) >= 11 is 0. The third kappa shape index (κ3) is 3.52. The van der Waals surface area contributed by atoms with E-state index in [0.29, 0.717) is 5.95 Å². The molecule has 0 N–H and O–H groups in total. The monoisotopic (exact) mass is 571 g/mol. The molecule has 0 atom stereocenters. The van der Waals surface area contributed by atoms with Crippen LogP contribution in [0.15, 0.2) is 152 Å². The summed E-state index contributed by atoms with van der Waals surface area (Å²) in [6.45, 7) is 0. The molecule has 2 aromatic heterocycles. The molecule has 3 heteroatoms. The van der Waals surface area contributed by atoms with E-state index in [4.69, 9.17) is 9.97 Å². The Morgan fingerprint density at radius 1 is 0.356 bits per heavy atom. The summed E-state index contributed by atoms with van der Waals surface area (Å²) < 4.78 is 2.27. The van der Waals surface area contributed by atoms with Crippen molar-refractivity contribution in [3.63, 3.8) is 0 Å². The molecule has 10 rings (SSSR count). The summed E-state index contributed by atoms with van der Waals surface area (Å²) in [6, 6.07) is 54.2. The lowest BCUT2D eigenvalue weighted by molar-refractivity contribution is 0.996. The van der Waals surface area contributed by atoms with Gasteiger partial charge in [-0.15, -0.1) is 0 Å². The van der Waals surface area contributed by atoms with Gasteiger partial charge in [-0.25, -0.2) is 9.97 Å². The Morgan fingerprint density at radius 2 is 0.889 bits per heavy atom. The molecule has 0 aliphatic heterocycles. The van der Waals surface area contributed by atoms with Crippen molar-refractivity contribution in [2.45, 2.75) is 0 Å². The highest BCUT2D eigenvalue weighted by atomic mass is 15.2. The van der Waals surface area contributed by atoms with Gasteiger partial charge in [-0.2, -0.15) is 0 Å². The van der Waals surface area contributed by atoms with Gasteiger partial charge in [0.15, 0.2) is 0 Å². The van der Waals surface area contributed by atoms with Gasteiger partial charge in [-0.1, -0.05) is 121 Å². The van der Waals surface area contributed by atoms with Crippen LogP contribution >= 0.6 is 0 Å². The minimum absolute atomic E-state index is 0.670. The number of benzene rings is 7. The number of rotatable bonds is 3. The third-order valence-corrected chi connectivity index (χ3v) is 9.32. The van der Waals surface area contributed by atoms with Crippen LogP contribution in [0.4, 0.5) is 0 Å². The number of nitrogens with zero attached hydrogens (tertiary/aromatic N) is 3. The molecule has 208 valence electrons. The zero-order valence-corrected chi connectivity index (χ0v) is 24.3. The van der Waals surface area contributed by atoms with E-state index in [1.165, 1.54) is 54.6 Å². The largest absolute Gasteiger partial charge is 0.278 e. The molecular formula is C42H25N3. The molecule has 9 aromatic rings. The lowest BCUT2D eigenvalue weighted by Crippen LogP contribution is -2.04. The molecule has 1 aliphatic carbocycles. The smallest absolute Gasteiger partial charge is 0.235 e. The van der Waals surface area contributed by atoms with Gasteiger partial charge >= 0.3 is 0 Å². The Labute approximate surface area is 259 Å². The van der Waals surface area contributed by atoms with E-state index in [1.54, 1.807) is 0 Å². The first-order valence-corrected chi connectivity index (χ1v) is 15.3. The molecule has 0 unspecified atom stereocenters. The van der Waals surface area contributed by atoms with Gasteiger partial charge in [0, 0.05) is 21.9 Å². The zero-order chi connectivity index (χ0) is 29.5. The number of hydrogen-bond donors (Lipinski definition) is 0. The summed E-state index contributed by atoms with van der Waals surface area (Å²) in [5, 5.41) is 7.51. The van der Waals surface area contributed by atoms with Crippen LogP contribution in [0.2, 0.25) is 0 Å². The van der Waals surface area contributed by atoms with Crippen LogP contribution in [0.1, 0.15) is 0 Å². The van der Waals surface area contributed by atoms with E-state index in [0.717, 1.165) is 33.5 Å². The van der Waals surface area contributed by atoms with Crippen molar-refractivity contribution >= 4 is 43.4 Å². The molecule has 0 amide bonds. The molecular weight excluding hydrogens is 546 g/mol. The van der Waals surface area contributed by atoms with Crippen LogP contribution in [-0.2, 0) is 0 Å². The first-order valence-electron chi connectivity index (χ1n) is 15.3.